The monoisotopic (exact) mass is 408 g/mol. The number of para-hydroxylation sites is 1. The van der Waals surface area contributed by atoms with Crippen molar-refractivity contribution in [3.8, 4) is 5.69 Å². The molecular weight excluding hydrogens is 391 g/mol. The van der Waals surface area contributed by atoms with Crippen LogP contribution in [0.3, 0.4) is 0 Å². The van der Waals surface area contributed by atoms with E-state index in [0.29, 0.717) is 5.56 Å². The van der Waals surface area contributed by atoms with Gasteiger partial charge < -0.3 is 0 Å². The standard InChI is InChI=1S/C18H18ClFN4O2S/c1-23(13-16-17(19)8-5-9-18(16)20)27(25,26)22-11-14-10-21-24(12-14)15-6-3-2-4-7-15/h2-10,12,22H,11,13H2,1H3. The molecule has 0 amide bonds. The maximum Gasteiger partial charge on any atom is 0.279 e. The first-order valence-corrected chi connectivity index (χ1v) is 9.91. The Morgan fingerprint density at radius 2 is 1.93 bits per heavy atom. The lowest BCUT2D eigenvalue weighted by Crippen LogP contribution is -2.37. The van der Waals surface area contributed by atoms with Gasteiger partial charge in [0.25, 0.3) is 10.2 Å². The number of hydrogen-bond donors (Lipinski definition) is 1. The van der Waals surface area contributed by atoms with Crippen LogP contribution in [-0.4, -0.2) is 29.6 Å². The van der Waals surface area contributed by atoms with Crippen molar-refractivity contribution >= 4 is 21.8 Å². The zero-order chi connectivity index (χ0) is 19.4. The number of nitrogens with one attached hydrogen (secondary N) is 1. The fraction of sp³-hybridized carbons (Fsp3) is 0.167. The Labute approximate surface area is 162 Å². The first-order valence-electron chi connectivity index (χ1n) is 8.09. The molecule has 0 unspecified atom stereocenters. The Hall–Kier alpha value is -2.26. The molecule has 2 aromatic carbocycles. The second-order valence-electron chi connectivity index (χ2n) is 5.91. The fourth-order valence-corrected chi connectivity index (χ4v) is 3.54. The molecule has 6 nitrogen and oxygen atoms in total. The third kappa shape index (κ3) is 4.72. The topological polar surface area (TPSA) is 67.2 Å². The minimum absolute atomic E-state index is 0.0600. The molecule has 0 atom stereocenters. The van der Waals surface area contributed by atoms with Crippen molar-refractivity contribution in [3.05, 3.63) is 82.9 Å². The van der Waals surface area contributed by atoms with Gasteiger partial charge >= 0.3 is 0 Å². The summed E-state index contributed by atoms with van der Waals surface area (Å²) in [5.74, 6) is -0.548. The highest BCUT2D eigenvalue weighted by atomic mass is 35.5. The van der Waals surface area contributed by atoms with Crippen molar-refractivity contribution in [2.75, 3.05) is 7.05 Å². The summed E-state index contributed by atoms with van der Waals surface area (Å²) < 4.78 is 43.9. The second kappa shape index (κ2) is 8.18. The Morgan fingerprint density at radius 1 is 1.19 bits per heavy atom. The van der Waals surface area contributed by atoms with Gasteiger partial charge in [0, 0.05) is 42.5 Å². The zero-order valence-electron chi connectivity index (χ0n) is 14.5. The normalized spacial score (nSPS) is 11.9. The molecular formula is C18H18ClFN4O2S. The molecule has 142 valence electrons. The molecule has 3 rings (SSSR count). The average molecular weight is 409 g/mol. The van der Waals surface area contributed by atoms with Gasteiger partial charge in [0.05, 0.1) is 11.9 Å². The van der Waals surface area contributed by atoms with Crippen LogP contribution < -0.4 is 4.72 Å². The summed E-state index contributed by atoms with van der Waals surface area (Å²) in [5.41, 5.74) is 1.70. The van der Waals surface area contributed by atoms with Gasteiger partial charge in [0.2, 0.25) is 0 Å². The van der Waals surface area contributed by atoms with Crippen molar-refractivity contribution in [3.63, 3.8) is 0 Å². The summed E-state index contributed by atoms with van der Waals surface area (Å²) in [4.78, 5) is 0. The third-order valence-electron chi connectivity index (χ3n) is 3.97. The number of hydrogen-bond acceptors (Lipinski definition) is 3. The first-order chi connectivity index (χ1) is 12.9. The lowest BCUT2D eigenvalue weighted by Gasteiger charge is -2.18. The quantitative estimate of drug-likeness (QED) is 0.653. The number of aromatic nitrogens is 2. The molecule has 0 saturated heterocycles. The van der Waals surface area contributed by atoms with E-state index in [2.05, 4.69) is 9.82 Å². The molecule has 1 heterocycles. The fourth-order valence-electron chi connectivity index (χ4n) is 2.45. The average Bonchev–Trinajstić information content (AvgIpc) is 3.13. The Kier molecular flexibility index (Phi) is 5.91. The molecule has 0 saturated carbocycles. The van der Waals surface area contributed by atoms with Crippen LogP contribution in [0.4, 0.5) is 4.39 Å². The predicted molar refractivity (Wildman–Crippen MR) is 102 cm³/mol. The van der Waals surface area contributed by atoms with Crippen molar-refractivity contribution in [1.82, 2.24) is 18.8 Å². The Bertz CT molecular complexity index is 1000. The van der Waals surface area contributed by atoms with E-state index in [9.17, 15) is 12.8 Å². The van der Waals surface area contributed by atoms with Crippen LogP contribution in [-0.2, 0) is 23.3 Å². The first kappa shape index (κ1) is 19.5. The maximum absolute atomic E-state index is 13.9. The van der Waals surface area contributed by atoms with Crippen molar-refractivity contribution < 1.29 is 12.8 Å². The minimum Gasteiger partial charge on any atom is -0.241 e. The van der Waals surface area contributed by atoms with Crippen LogP contribution in [0.2, 0.25) is 5.02 Å². The largest absolute Gasteiger partial charge is 0.279 e. The van der Waals surface area contributed by atoms with Crippen LogP contribution in [0, 0.1) is 5.82 Å². The lowest BCUT2D eigenvalue weighted by molar-refractivity contribution is 0.446. The summed E-state index contributed by atoms with van der Waals surface area (Å²) >= 11 is 5.96. The second-order valence-corrected chi connectivity index (χ2v) is 8.18. The van der Waals surface area contributed by atoms with E-state index < -0.39 is 16.0 Å². The number of halogens is 2. The molecule has 0 aliphatic carbocycles. The van der Waals surface area contributed by atoms with E-state index in [1.807, 2.05) is 30.3 Å². The van der Waals surface area contributed by atoms with E-state index in [4.69, 9.17) is 11.6 Å². The summed E-state index contributed by atoms with van der Waals surface area (Å²) in [5, 5.41) is 4.41. The molecule has 1 N–H and O–H groups in total. The highest BCUT2D eigenvalue weighted by Crippen LogP contribution is 2.21. The number of rotatable bonds is 7. The van der Waals surface area contributed by atoms with Gasteiger partial charge in [-0.1, -0.05) is 35.9 Å². The van der Waals surface area contributed by atoms with Crippen molar-refractivity contribution in [1.29, 1.82) is 0 Å². The zero-order valence-corrected chi connectivity index (χ0v) is 16.1. The third-order valence-corrected chi connectivity index (χ3v) is 5.78. The van der Waals surface area contributed by atoms with Crippen molar-refractivity contribution in [2.45, 2.75) is 13.1 Å². The lowest BCUT2D eigenvalue weighted by atomic mass is 10.2. The molecule has 9 heteroatoms. The van der Waals surface area contributed by atoms with Crippen LogP contribution in [0.25, 0.3) is 5.69 Å². The van der Waals surface area contributed by atoms with Crippen molar-refractivity contribution in [2.24, 2.45) is 0 Å². The molecule has 0 bridgehead atoms. The van der Waals surface area contributed by atoms with Crippen LogP contribution in [0.15, 0.2) is 60.9 Å². The van der Waals surface area contributed by atoms with Crippen LogP contribution in [0.1, 0.15) is 11.1 Å². The van der Waals surface area contributed by atoms with Gasteiger partial charge in [0.15, 0.2) is 0 Å². The van der Waals surface area contributed by atoms with E-state index in [0.717, 1.165) is 9.99 Å². The van der Waals surface area contributed by atoms with Crippen LogP contribution >= 0.6 is 11.6 Å². The SMILES string of the molecule is CN(Cc1c(F)cccc1Cl)S(=O)(=O)NCc1cnn(-c2ccccc2)c1. The molecule has 0 fully saturated rings. The van der Waals surface area contributed by atoms with Gasteiger partial charge in [-0.15, -0.1) is 0 Å². The Morgan fingerprint density at radius 3 is 2.63 bits per heavy atom. The highest BCUT2D eigenvalue weighted by molar-refractivity contribution is 7.87. The molecule has 3 aromatic rings. The van der Waals surface area contributed by atoms with E-state index in [-0.39, 0.29) is 23.7 Å². The summed E-state index contributed by atoms with van der Waals surface area (Å²) in [7, 11) is -2.46. The summed E-state index contributed by atoms with van der Waals surface area (Å²) in [6.45, 7) is -0.116. The van der Waals surface area contributed by atoms with Gasteiger partial charge in [-0.3, -0.25) is 0 Å². The van der Waals surface area contributed by atoms with Gasteiger partial charge in [-0.25, -0.2) is 9.07 Å². The molecule has 27 heavy (non-hydrogen) atoms. The number of nitrogens with zero attached hydrogens (tertiary/aromatic N) is 3. The van der Waals surface area contributed by atoms with Gasteiger partial charge in [-0.05, 0) is 24.3 Å². The van der Waals surface area contributed by atoms with Crippen LogP contribution in [0.5, 0.6) is 0 Å². The molecule has 0 radical (unpaired) electrons. The minimum atomic E-state index is -3.82. The van der Waals surface area contributed by atoms with E-state index in [1.165, 1.54) is 25.2 Å². The molecule has 0 aliphatic heterocycles. The van der Waals surface area contributed by atoms with E-state index >= 15 is 0 Å². The number of benzene rings is 2. The molecule has 1 aromatic heterocycles. The maximum atomic E-state index is 13.9. The van der Waals surface area contributed by atoms with Gasteiger partial charge in [-0.2, -0.15) is 22.5 Å². The molecule has 0 spiro atoms. The van der Waals surface area contributed by atoms with E-state index in [1.54, 1.807) is 17.1 Å². The summed E-state index contributed by atoms with van der Waals surface area (Å²) in [6.07, 6.45) is 3.33. The van der Waals surface area contributed by atoms with Gasteiger partial charge in [0.1, 0.15) is 5.82 Å². The Balaban J connectivity index is 1.65. The smallest absolute Gasteiger partial charge is 0.241 e. The molecule has 0 aliphatic rings. The highest BCUT2D eigenvalue weighted by Gasteiger charge is 2.20. The predicted octanol–water partition coefficient (Wildman–Crippen LogP) is 3.13. The summed E-state index contributed by atoms with van der Waals surface area (Å²) in [6, 6.07) is 13.7.